The average molecular weight is 249 g/mol. The van der Waals surface area contributed by atoms with Crippen LogP contribution in [-0.2, 0) is 6.61 Å². The van der Waals surface area contributed by atoms with Crippen molar-refractivity contribution in [2.45, 2.75) is 13.5 Å². The van der Waals surface area contributed by atoms with Crippen LogP contribution in [0.15, 0.2) is 60.8 Å². The molecule has 0 aliphatic rings. The fraction of sp³-hybridized carbons (Fsp3) is 0.118. The molecule has 0 bridgehead atoms. The molecule has 2 heteroatoms. The second-order valence-corrected chi connectivity index (χ2v) is 4.61. The van der Waals surface area contributed by atoms with Gasteiger partial charge in [-0.1, -0.05) is 48.0 Å². The van der Waals surface area contributed by atoms with Crippen LogP contribution in [0.1, 0.15) is 11.1 Å². The molecule has 0 aliphatic carbocycles. The zero-order chi connectivity index (χ0) is 13.1. The zero-order valence-electron chi connectivity index (χ0n) is 10.8. The van der Waals surface area contributed by atoms with Crippen LogP contribution >= 0.6 is 0 Å². The van der Waals surface area contributed by atoms with Gasteiger partial charge in [-0.3, -0.25) is 4.98 Å². The lowest BCUT2D eigenvalue weighted by molar-refractivity contribution is 0.309. The Bertz CT molecular complexity index is 684. The third-order valence-electron chi connectivity index (χ3n) is 3.11. The molecule has 0 unspecified atom stereocenters. The Hall–Kier alpha value is -2.35. The second-order valence-electron chi connectivity index (χ2n) is 4.61. The number of nitrogens with zero attached hydrogens (tertiary/aromatic N) is 1. The molecule has 19 heavy (non-hydrogen) atoms. The molecule has 0 N–H and O–H groups in total. The van der Waals surface area contributed by atoms with Crippen LogP contribution < -0.4 is 4.74 Å². The van der Waals surface area contributed by atoms with Crippen molar-refractivity contribution in [3.8, 4) is 5.75 Å². The highest BCUT2D eigenvalue weighted by atomic mass is 16.5. The Morgan fingerprint density at radius 1 is 0.947 bits per heavy atom. The lowest BCUT2D eigenvalue weighted by Gasteiger charge is -2.08. The molecule has 1 aromatic heterocycles. The fourth-order valence-corrected chi connectivity index (χ4v) is 2.04. The minimum absolute atomic E-state index is 0.565. The minimum Gasteiger partial charge on any atom is -0.487 e. The van der Waals surface area contributed by atoms with Crippen LogP contribution in [0.25, 0.3) is 10.9 Å². The molecular weight excluding hydrogens is 234 g/mol. The van der Waals surface area contributed by atoms with E-state index in [1.54, 1.807) is 6.20 Å². The van der Waals surface area contributed by atoms with Gasteiger partial charge in [-0.05, 0) is 24.6 Å². The van der Waals surface area contributed by atoms with Crippen molar-refractivity contribution >= 4 is 10.9 Å². The number of aryl methyl sites for hydroxylation is 1. The van der Waals surface area contributed by atoms with Gasteiger partial charge in [-0.2, -0.15) is 0 Å². The molecule has 0 fully saturated rings. The van der Waals surface area contributed by atoms with Gasteiger partial charge in [0.15, 0.2) is 0 Å². The van der Waals surface area contributed by atoms with E-state index in [-0.39, 0.29) is 0 Å². The molecular formula is C17H15NO. The quantitative estimate of drug-likeness (QED) is 0.696. The van der Waals surface area contributed by atoms with Gasteiger partial charge >= 0.3 is 0 Å². The van der Waals surface area contributed by atoms with Crippen LogP contribution in [0.4, 0.5) is 0 Å². The standard InChI is InChI=1S/C17H15NO/c1-13-7-9-14(10-8-13)12-19-16-6-2-4-15-5-3-11-18-17(15)16/h2-11H,12H2,1H3. The van der Waals surface area contributed by atoms with Crippen molar-refractivity contribution in [2.24, 2.45) is 0 Å². The third-order valence-corrected chi connectivity index (χ3v) is 3.11. The van der Waals surface area contributed by atoms with E-state index >= 15 is 0 Å². The van der Waals surface area contributed by atoms with Crippen LogP contribution in [-0.4, -0.2) is 4.98 Å². The summed E-state index contributed by atoms with van der Waals surface area (Å²) in [5.74, 6) is 0.832. The number of pyridine rings is 1. The molecule has 0 saturated carbocycles. The Balaban J connectivity index is 1.84. The summed E-state index contributed by atoms with van der Waals surface area (Å²) in [6.45, 7) is 2.65. The Morgan fingerprint density at radius 3 is 2.58 bits per heavy atom. The number of aromatic nitrogens is 1. The maximum absolute atomic E-state index is 5.88. The van der Waals surface area contributed by atoms with Crippen molar-refractivity contribution in [1.82, 2.24) is 4.98 Å². The first-order valence-electron chi connectivity index (χ1n) is 6.35. The Morgan fingerprint density at radius 2 is 1.74 bits per heavy atom. The minimum atomic E-state index is 0.565. The second kappa shape index (κ2) is 5.11. The molecule has 1 heterocycles. The van der Waals surface area contributed by atoms with Crippen molar-refractivity contribution in [3.05, 3.63) is 71.9 Å². The molecule has 3 aromatic rings. The maximum Gasteiger partial charge on any atom is 0.146 e. The van der Waals surface area contributed by atoms with Gasteiger partial charge < -0.3 is 4.74 Å². The lowest BCUT2D eigenvalue weighted by Crippen LogP contribution is -1.96. The summed E-state index contributed by atoms with van der Waals surface area (Å²) in [6.07, 6.45) is 1.79. The number of fused-ring (bicyclic) bond motifs is 1. The first-order valence-corrected chi connectivity index (χ1v) is 6.35. The number of ether oxygens (including phenoxy) is 1. The molecule has 3 rings (SSSR count). The number of hydrogen-bond donors (Lipinski definition) is 0. The van der Waals surface area contributed by atoms with E-state index in [0.29, 0.717) is 6.61 Å². The van der Waals surface area contributed by atoms with Crippen LogP contribution in [0.5, 0.6) is 5.75 Å². The molecule has 94 valence electrons. The van der Waals surface area contributed by atoms with Crippen LogP contribution in [0, 0.1) is 6.92 Å². The zero-order valence-corrected chi connectivity index (χ0v) is 10.8. The van der Waals surface area contributed by atoms with E-state index in [4.69, 9.17) is 4.74 Å². The summed E-state index contributed by atoms with van der Waals surface area (Å²) in [5.41, 5.74) is 3.34. The fourth-order valence-electron chi connectivity index (χ4n) is 2.04. The summed E-state index contributed by atoms with van der Waals surface area (Å²) in [4.78, 5) is 4.38. The molecule has 2 aromatic carbocycles. The van der Waals surface area contributed by atoms with E-state index in [9.17, 15) is 0 Å². The SMILES string of the molecule is Cc1ccc(COc2cccc3cccnc23)cc1. The maximum atomic E-state index is 5.88. The highest BCUT2D eigenvalue weighted by Crippen LogP contribution is 2.23. The Labute approximate surface area is 112 Å². The predicted octanol–water partition coefficient (Wildman–Crippen LogP) is 4.12. The predicted molar refractivity (Wildman–Crippen MR) is 77.3 cm³/mol. The lowest BCUT2D eigenvalue weighted by atomic mass is 10.1. The summed E-state index contributed by atoms with van der Waals surface area (Å²) in [5, 5.41) is 1.10. The smallest absolute Gasteiger partial charge is 0.146 e. The molecule has 0 amide bonds. The van der Waals surface area contributed by atoms with Gasteiger partial charge in [0.25, 0.3) is 0 Å². The first kappa shape index (κ1) is 11.7. The van der Waals surface area contributed by atoms with Crippen molar-refractivity contribution in [1.29, 1.82) is 0 Å². The van der Waals surface area contributed by atoms with Gasteiger partial charge in [-0.25, -0.2) is 0 Å². The molecule has 2 nitrogen and oxygen atoms in total. The Kier molecular flexibility index (Phi) is 3.15. The molecule has 0 saturated heterocycles. The van der Waals surface area contributed by atoms with E-state index in [2.05, 4.69) is 36.2 Å². The number of para-hydroxylation sites is 1. The molecule has 0 spiro atoms. The number of benzene rings is 2. The summed E-state index contributed by atoms with van der Waals surface area (Å²) < 4.78 is 5.88. The third kappa shape index (κ3) is 2.58. The van der Waals surface area contributed by atoms with Crippen molar-refractivity contribution in [3.63, 3.8) is 0 Å². The first-order chi connectivity index (χ1) is 9.33. The highest BCUT2D eigenvalue weighted by molar-refractivity contribution is 5.84. The molecule has 0 aliphatic heterocycles. The number of hydrogen-bond acceptors (Lipinski definition) is 2. The largest absolute Gasteiger partial charge is 0.487 e. The average Bonchev–Trinajstić information content (AvgIpc) is 2.47. The van der Waals surface area contributed by atoms with Gasteiger partial charge in [0.05, 0.1) is 0 Å². The molecule has 0 atom stereocenters. The van der Waals surface area contributed by atoms with Crippen molar-refractivity contribution in [2.75, 3.05) is 0 Å². The van der Waals surface area contributed by atoms with Crippen molar-refractivity contribution < 1.29 is 4.74 Å². The van der Waals surface area contributed by atoms with Crippen LogP contribution in [0.3, 0.4) is 0 Å². The van der Waals surface area contributed by atoms with Gasteiger partial charge in [0.1, 0.15) is 17.9 Å². The van der Waals surface area contributed by atoms with E-state index < -0.39 is 0 Å². The van der Waals surface area contributed by atoms with Crippen LogP contribution in [0.2, 0.25) is 0 Å². The molecule has 0 radical (unpaired) electrons. The summed E-state index contributed by atoms with van der Waals surface area (Å²) in [7, 11) is 0. The normalized spacial score (nSPS) is 10.6. The van der Waals surface area contributed by atoms with E-state index in [1.165, 1.54) is 11.1 Å². The topological polar surface area (TPSA) is 22.1 Å². The monoisotopic (exact) mass is 249 g/mol. The van der Waals surface area contributed by atoms with E-state index in [0.717, 1.165) is 16.7 Å². The highest BCUT2D eigenvalue weighted by Gasteiger charge is 2.02. The number of rotatable bonds is 3. The van der Waals surface area contributed by atoms with Gasteiger partial charge in [-0.15, -0.1) is 0 Å². The summed E-state index contributed by atoms with van der Waals surface area (Å²) >= 11 is 0. The van der Waals surface area contributed by atoms with Gasteiger partial charge in [0.2, 0.25) is 0 Å². The summed E-state index contributed by atoms with van der Waals surface area (Å²) in [6, 6.07) is 18.4. The van der Waals surface area contributed by atoms with E-state index in [1.807, 2.05) is 30.3 Å². The van der Waals surface area contributed by atoms with Gasteiger partial charge in [0, 0.05) is 11.6 Å².